The SMILES string of the molecule is CCCC(C)(C)CCCC(C)COC(=O)C1CCC(C(=O)OCC(C)CCCC(C)(C)CCC)CC1. The van der Waals surface area contributed by atoms with Crippen molar-refractivity contribution in [2.24, 2.45) is 34.5 Å². The number of rotatable bonds is 18. The Balaban J connectivity index is 2.21. The van der Waals surface area contributed by atoms with E-state index in [-0.39, 0.29) is 23.8 Å². The van der Waals surface area contributed by atoms with E-state index in [1.165, 1.54) is 51.4 Å². The minimum Gasteiger partial charge on any atom is -0.465 e. The van der Waals surface area contributed by atoms with Gasteiger partial charge in [-0.2, -0.15) is 0 Å². The van der Waals surface area contributed by atoms with Gasteiger partial charge in [-0.05, 0) is 86.9 Å². The number of hydrogen-bond donors (Lipinski definition) is 0. The highest BCUT2D eigenvalue weighted by molar-refractivity contribution is 5.75. The van der Waals surface area contributed by atoms with Gasteiger partial charge in [-0.1, -0.05) is 81.1 Å². The van der Waals surface area contributed by atoms with Gasteiger partial charge in [-0.25, -0.2) is 0 Å². The highest BCUT2D eigenvalue weighted by Crippen LogP contribution is 2.32. The molecule has 0 N–H and O–H groups in total. The molecule has 0 bridgehead atoms. The minimum atomic E-state index is -0.0698. The summed E-state index contributed by atoms with van der Waals surface area (Å²) in [5.41, 5.74) is 0.822. The van der Waals surface area contributed by atoms with Crippen LogP contribution in [0.2, 0.25) is 0 Å². The van der Waals surface area contributed by atoms with Gasteiger partial charge in [0.05, 0.1) is 25.0 Å². The van der Waals surface area contributed by atoms with Crippen LogP contribution < -0.4 is 0 Å². The molecule has 1 saturated carbocycles. The van der Waals surface area contributed by atoms with E-state index in [1.807, 2.05) is 0 Å². The first kappa shape index (κ1) is 33.0. The van der Waals surface area contributed by atoms with Gasteiger partial charge in [0, 0.05) is 0 Å². The molecule has 2 unspecified atom stereocenters. The van der Waals surface area contributed by atoms with Crippen LogP contribution in [0.4, 0.5) is 0 Å². The molecule has 1 aliphatic carbocycles. The number of hydrogen-bond acceptors (Lipinski definition) is 4. The highest BCUT2D eigenvalue weighted by atomic mass is 16.5. The zero-order chi connectivity index (χ0) is 27.2. The van der Waals surface area contributed by atoms with Gasteiger partial charge in [-0.3, -0.25) is 9.59 Å². The van der Waals surface area contributed by atoms with E-state index >= 15 is 0 Å². The summed E-state index contributed by atoms with van der Waals surface area (Å²) >= 11 is 0. The van der Waals surface area contributed by atoms with Gasteiger partial charge >= 0.3 is 11.9 Å². The molecule has 0 aliphatic heterocycles. The normalized spacial score (nSPS) is 20.6. The van der Waals surface area contributed by atoms with Gasteiger partial charge in [0.2, 0.25) is 0 Å². The van der Waals surface area contributed by atoms with E-state index in [9.17, 15) is 9.59 Å². The zero-order valence-electron chi connectivity index (χ0n) is 25.3. The van der Waals surface area contributed by atoms with Crippen molar-refractivity contribution in [3.05, 3.63) is 0 Å². The van der Waals surface area contributed by atoms with Gasteiger partial charge in [0.15, 0.2) is 0 Å². The molecule has 1 aliphatic rings. The third kappa shape index (κ3) is 14.0. The lowest BCUT2D eigenvalue weighted by molar-refractivity contribution is -0.156. The lowest BCUT2D eigenvalue weighted by atomic mass is 9.82. The third-order valence-electron chi connectivity index (χ3n) is 8.37. The maximum Gasteiger partial charge on any atom is 0.308 e. The van der Waals surface area contributed by atoms with E-state index in [1.54, 1.807) is 0 Å². The molecule has 212 valence electrons. The summed E-state index contributed by atoms with van der Waals surface area (Å²) in [5, 5.41) is 0. The first-order chi connectivity index (χ1) is 16.9. The fourth-order valence-electron chi connectivity index (χ4n) is 5.88. The van der Waals surface area contributed by atoms with Crippen LogP contribution in [0.3, 0.4) is 0 Å². The molecular weight excluding hydrogens is 448 g/mol. The lowest BCUT2D eigenvalue weighted by Crippen LogP contribution is -2.29. The second-order valence-corrected chi connectivity index (χ2v) is 13.6. The van der Waals surface area contributed by atoms with Crippen LogP contribution in [0.25, 0.3) is 0 Å². The second-order valence-electron chi connectivity index (χ2n) is 13.6. The average Bonchev–Trinajstić information content (AvgIpc) is 2.80. The molecule has 0 aromatic rings. The molecule has 0 aromatic heterocycles. The van der Waals surface area contributed by atoms with Crippen LogP contribution >= 0.6 is 0 Å². The second kappa shape index (κ2) is 16.7. The Kier molecular flexibility index (Phi) is 15.3. The number of ether oxygens (including phenoxy) is 2. The molecule has 0 spiro atoms. The zero-order valence-corrected chi connectivity index (χ0v) is 25.3. The Morgan fingerprint density at radius 1 is 0.667 bits per heavy atom. The van der Waals surface area contributed by atoms with Crippen LogP contribution in [0.5, 0.6) is 0 Å². The van der Waals surface area contributed by atoms with Crippen LogP contribution in [0, 0.1) is 34.5 Å². The van der Waals surface area contributed by atoms with E-state index in [2.05, 4.69) is 55.4 Å². The lowest BCUT2D eigenvalue weighted by Gasteiger charge is -2.27. The molecule has 36 heavy (non-hydrogen) atoms. The van der Waals surface area contributed by atoms with Crippen molar-refractivity contribution in [1.82, 2.24) is 0 Å². The molecule has 4 heteroatoms. The molecule has 0 aromatic carbocycles. The van der Waals surface area contributed by atoms with Crippen molar-refractivity contribution < 1.29 is 19.1 Å². The first-order valence-electron chi connectivity index (χ1n) is 15.2. The summed E-state index contributed by atoms with van der Waals surface area (Å²) in [4.78, 5) is 25.2. The maximum absolute atomic E-state index is 12.6. The quantitative estimate of drug-likeness (QED) is 0.173. The van der Waals surface area contributed by atoms with Crippen molar-refractivity contribution in [1.29, 1.82) is 0 Å². The summed E-state index contributed by atoms with van der Waals surface area (Å²) in [6, 6.07) is 0. The van der Waals surface area contributed by atoms with Crippen molar-refractivity contribution in [3.8, 4) is 0 Å². The molecule has 0 amide bonds. The first-order valence-corrected chi connectivity index (χ1v) is 15.2. The molecular formula is C32H60O4. The fraction of sp³-hybridized carbons (Fsp3) is 0.938. The highest BCUT2D eigenvalue weighted by Gasteiger charge is 2.32. The number of carbonyl (C=O) groups excluding carboxylic acids is 2. The van der Waals surface area contributed by atoms with Gasteiger partial charge in [0.25, 0.3) is 0 Å². The Hall–Kier alpha value is -1.06. The molecule has 0 saturated heterocycles. The van der Waals surface area contributed by atoms with Crippen molar-refractivity contribution in [2.75, 3.05) is 13.2 Å². The average molecular weight is 509 g/mol. The Morgan fingerprint density at radius 3 is 1.31 bits per heavy atom. The Labute approximate surface area is 224 Å². The molecule has 1 fully saturated rings. The Bertz CT molecular complexity index is 562. The standard InChI is InChI=1S/C32H60O4/c1-9-19-31(5,6)21-11-13-25(3)23-35-29(33)27-15-17-28(18-16-27)30(34)36-24-26(4)14-12-22-32(7,8)20-10-2/h25-28H,9-24H2,1-8H3. The summed E-state index contributed by atoms with van der Waals surface area (Å²) in [6.07, 6.45) is 15.0. The van der Waals surface area contributed by atoms with Crippen LogP contribution in [-0.4, -0.2) is 25.2 Å². The molecule has 0 radical (unpaired) electrons. The predicted molar refractivity (Wildman–Crippen MR) is 151 cm³/mol. The van der Waals surface area contributed by atoms with E-state index < -0.39 is 0 Å². The third-order valence-corrected chi connectivity index (χ3v) is 8.37. The summed E-state index contributed by atoms with van der Waals surface area (Å²) in [7, 11) is 0. The summed E-state index contributed by atoms with van der Waals surface area (Å²) < 4.78 is 11.3. The molecule has 0 heterocycles. The van der Waals surface area contributed by atoms with E-state index in [0.29, 0.717) is 35.9 Å². The summed E-state index contributed by atoms with van der Waals surface area (Å²) in [5.74, 6) is 0.541. The van der Waals surface area contributed by atoms with Crippen LogP contribution in [0.1, 0.15) is 145 Å². The molecule has 2 atom stereocenters. The van der Waals surface area contributed by atoms with Gasteiger partial charge in [0.1, 0.15) is 0 Å². The van der Waals surface area contributed by atoms with Crippen LogP contribution in [-0.2, 0) is 19.1 Å². The molecule has 1 rings (SSSR count). The topological polar surface area (TPSA) is 52.6 Å². The van der Waals surface area contributed by atoms with Gasteiger partial charge in [-0.15, -0.1) is 0 Å². The van der Waals surface area contributed by atoms with Crippen molar-refractivity contribution >= 4 is 11.9 Å². The van der Waals surface area contributed by atoms with E-state index in [0.717, 1.165) is 38.5 Å². The van der Waals surface area contributed by atoms with Gasteiger partial charge < -0.3 is 9.47 Å². The fourth-order valence-corrected chi connectivity index (χ4v) is 5.88. The van der Waals surface area contributed by atoms with E-state index in [4.69, 9.17) is 9.47 Å². The Morgan fingerprint density at radius 2 is 1.00 bits per heavy atom. The smallest absolute Gasteiger partial charge is 0.308 e. The minimum absolute atomic E-state index is 0.0601. The number of carbonyl (C=O) groups is 2. The summed E-state index contributed by atoms with van der Waals surface area (Å²) in [6.45, 7) is 19.3. The van der Waals surface area contributed by atoms with Crippen molar-refractivity contribution in [3.63, 3.8) is 0 Å². The number of esters is 2. The monoisotopic (exact) mass is 508 g/mol. The maximum atomic E-state index is 12.6. The predicted octanol–water partition coefficient (Wildman–Crippen LogP) is 9.14. The largest absolute Gasteiger partial charge is 0.465 e. The van der Waals surface area contributed by atoms with Crippen LogP contribution in [0.15, 0.2) is 0 Å². The molecule has 4 nitrogen and oxygen atoms in total. The van der Waals surface area contributed by atoms with Crippen molar-refractivity contribution in [2.45, 2.75) is 145 Å².